The third-order valence-electron chi connectivity index (χ3n) is 8.44. The van der Waals surface area contributed by atoms with Crippen molar-refractivity contribution in [1.82, 2.24) is 9.80 Å². The Morgan fingerprint density at radius 3 is 2.69 bits per heavy atom. The minimum absolute atomic E-state index is 0.0575. The van der Waals surface area contributed by atoms with E-state index >= 15 is 0 Å². The lowest BCUT2D eigenvalue weighted by atomic mass is 9.80. The maximum Gasteiger partial charge on any atom is 0.322 e. The van der Waals surface area contributed by atoms with Crippen molar-refractivity contribution >= 4 is 45.7 Å². The van der Waals surface area contributed by atoms with Gasteiger partial charge < -0.3 is 15.1 Å². The number of urea groups is 1. The lowest BCUT2D eigenvalue weighted by molar-refractivity contribution is 0.156. The molecule has 1 heterocycles. The van der Waals surface area contributed by atoms with Gasteiger partial charge in [0.1, 0.15) is 17.1 Å². The molecule has 2 amide bonds. The Morgan fingerprint density at radius 1 is 1.17 bits per heavy atom. The van der Waals surface area contributed by atoms with E-state index in [9.17, 15) is 9.00 Å². The minimum Gasteiger partial charge on any atom is -0.321 e. The number of halogens is 2. The summed E-state index contributed by atoms with van der Waals surface area (Å²) in [7, 11) is -1.34. The molecule has 1 aliphatic heterocycles. The van der Waals surface area contributed by atoms with E-state index in [0.717, 1.165) is 50.1 Å². The van der Waals surface area contributed by atoms with Crippen LogP contribution in [0.3, 0.4) is 0 Å². The molecule has 0 radical (unpaired) electrons. The first-order chi connectivity index (χ1) is 17.4. The number of rotatable bonds is 8. The van der Waals surface area contributed by atoms with E-state index in [1.165, 1.54) is 31.5 Å². The molecule has 5 rings (SSSR count). The Labute approximate surface area is 227 Å². The highest BCUT2D eigenvalue weighted by molar-refractivity contribution is 7.84. The van der Waals surface area contributed by atoms with Crippen molar-refractivity contribution in [2.24, 2.45) is 5.92 Å². The SMILES string of the molecule is C[SH+](=O)c1cccc([C@@]23CC[C@@H](N(CCCN4CCCC4)C(=O)Nc4ccc(Cl)c(Cl)c4)CC2C3)c1. The van der Waals surface area contributed by atoms with E-state index in [1.54, 1.807) is 24.5 Å². The summed E-state index contributed by atoms with van der Waals surface area (Å²) in [4.78, 5) is 19.0. The summed E-state index contributed by atoms with van der Waals surface area (Å²) in [5, 5.41) is 3.99. The van der Waals surface area contributed by atoms with Gasteiger partial charge in [-0.2, -0.15) is 0 Å². The molecule has 2 aromatic carbocycles. The molecule has 5 nitrogen and oxygen atoms in total. The molecule has 1 saturated heterocycles. The second kappa shape index (κ2) is 11.0. The van der Waals surface area contributed by atoms with Crippen molar-refractivity contribution in [3.05, 3.63) is 58.1 Å². The summed E-state index contributed by atoms with van der Waals surface area (Å²) < 4.78 is 12.1. The summed E-state index contributed by atoms with van der Waals surface area (Å²) in [5.74, 6) is 0.570. The molecule has 0 bridgehead atoms. The summed E-state index contributed by atoms with van der Waals surface area (Å²) in [6, 6.07) is 13.8. The molecular weight excluding hydrogens is 513 g/mol. The van der Waals surface area contributed by atoms with E-state index in [0.29, 0.717) is 21.7 Å². The van der Waals surface area contributed by atoms with Crippen LogP contribution in [0.1, 0.15) is 50.5 Å². The van der Waals surface area contributed by atoms with Crippen LogP contribution in [0.15, 0.2) is 47.4 Å². The molecule has 2 saturated carbocycles. The molecule has 194 valence electrons. The number of hydrogen-bond donors (Lipinski definition) is 1. The average Bonchev–Trinajstić information content (AvgIpc) is 3.38. The van der Waals surface area contributed by atoms with E-state index in [-0.39, 0.29) is 17.5 Å². The number of nitrogens with one attached hydrogen (secondary N) is 1. The van der Waals surface area contributed by atoms with Crippen LogP contribution in [0.25, 0.3) is 0 Å². The predicted octanol–water partition coefficient (Wildman–Crippen LogP) is 6.51. The fourth-order valence-corrected chi connectivity index (χ4v) is 7.26. The minimum atomic E-state index is -1.34. The van der Waals surface area contributed by atoms with Crippen LogP contribution in [0, 0.1) is 5.92 Å². The Morgan fingerprint density at radius 2 is 1.97 bits per heavy atom. The van der Waals surface area contributed by atoms with Crippen LogP contribution >= 0.6 is 23.2 Å². The van der Waals surface area contributed by atoms with Crippen molar-refractivity contribution in [2.45, 2.75) is 61.3 Å². The van der Waals surface area contributed by atoms with Gasteiger partial charge in [-0.3, -0.25) is 0 Å². The number of hydrogen-bond acceptors (Lipinski definition) is 3. The zero-order chi connectivity index (χ0) is 25.3. The monoisotopic (exact) mass is 548 g/mol. The van der Waals surface area contributed by atoms with E-state index in [2.05, 4.69) is 27.2 Å². The first-order valence-electron chi connectivity index (χ1n) is 13.1. The maximum absolute atomic E-state index is 13.5. The fourth-order valence-electron chi connectivity index (χ4n) is 6.35. The van der Waals surface area contributed by atoms with Crippen molar-refractivity contribution in [1.29, 1.82) is 0 Å². The average molecular weight is 550 g/mol. The number of carbonyl (C=O) groups excluding carboxylic acids is 1. The van der Waals surface area contributed by atoms with Gasteiger partial charge in [0.15, 0.2) is 4.90 Å². The topological polar surface area (TPSA) is 52.7 Å². The van der Waals surface area contributed by atoms with Crippen LogP contribution in [-0.2, 0) is 20.4 Å². The van der Waals surface area contributed by atoms with Gasteiger partial charge in [-0.1, -0.05) is 35.3 Å². The molecule has 3 aliphatic rings. The highest BCUT2D eigenvalue weighted by atomic mass is 35.5. The molecule has 1 N–H and O–H groups in total. The zero-order valence-corrected chi connectivity index (χ0v) is 23.3. The number of benzene rings is 2. The lowest BCUT2D eigenvalue weighted by Gasteiger charge is -2.37. The largest absolute Gasteiger partial charge is 0.322 e. The smallest absolute Gasteiger partial charge is 0.321 e. The van der Waals surface area contributed by atoms with Crippen molar-refractivity contribution in [2.75, 3.05) is 37.8 Å². The van der Waals surface area contributed by atoms with Gasteiger partial charge in [-0.15, -0.1) is 4.21 Å². The van der Waals surface area contributed by atoms with E-state index in [1.807, 2.05) is 12.1 Å². The lowest BCUT2D eigenvalue weighted by Crippen LogP contribution is -2.46. The molecule has 2 unspecified atom stereocenters. The van der Waals surface area contributed by atoms with Gasteiger partial charge in [0.2, 0.25) is 0 Å². The van der Waals surface area contributed by atoms with Crippen molar-refractivity contribution in [3.63, 3.8) is 0 Å². The Bertz CT molecular complexity index is 1140. The van der Waals surface area contributed by atoms with Gasteiger partial charge in [0.05, 0.1) is 10.0 Å². The molecule has 8 heteroatoms. The third-order valence-corrected chi connectivity index (χ3v) is 10.2. The van der Waals surface area contributed by atoms with Crippen LogP contribution in [0.2, 0.25) is 10.0 Å². The number of fused-ring (bicyclic) bond motifs is 1. The van der Waals surface area contributed by atoms with Crippen LogP contribution in [0.5, 0.6) is 0 Å². The number of anilines is 1. The molecule has 4 atom stereocenters. The summed E-state index contributed by atoms with van der Waals surface area (Å²) >= 11 is 12.3. The first kappa shape index (κ1) is 26.0. The van der Waals surface area contributed by atoms with Gasteiger partial charge in [0.25, 0.3) is 0 Å². The number of carbonyl (C=O) groups is 1. The molecule has 0 spiro atoms. The van der Waals surface area contributed by atoms with Crippen LogP contribution in [-0.4, -0.2) is 54.3 Å². The second-order valence-corrected chi connectivity index (χ2v) is 13.0. The molecular formula is C28H36Cl2N3O2S+. The first-order valence-corrected chi connectivity index (χ1v) is 15.6. The van der Waals surface area contributed by atoms with E-state index < -0.39 is 10.8 Å². The predicted molar refractivity (Wildman–Crippen MR) is 150 cm³/mol. The summed E-state index contributed by atoms with van der Waals surface area (Å²) in [5.41, 5.74) is 2.19. The van der Waals surface area contributed by atoms with Gasteiger partial charge >= 0.3 is 6.03 Å². The molecule has 2 aromatic rings. The zero-order valence-electron chi connectivity index (χ0n) is 20.9. The van der Waals surface area contributed by atoms with Crippen molar-refractivity contribution in [3.8, 4) is 0 Å². The standard InChI is InChI=1S/C28H35Cl2N3O2S/c1-36(35)24-7-4-6-20(17-24)28-11-10-23(16-21(28)19-28)33(15-5-14-32-12-2-3-13-32)27(34)31-22-8-9-25(29)26(30)18-22/h4,6-9,17-18,21,23H,2-3,5,10-16,19H2,1H3,(H,31,34)/p+1/t21?,23-,28+,36?/m1/s1. The summed E-state index contributed by atoms with van der Waals surface area (Å²) in [6.45, 7) is 4.14. The third kappa shape index (κ3) is 5.62. The van der Waals surface area contributed by atoms with Crippen LogP contribution in [0.4, 0.5) is 10.5 Å². The fraction of sp³-hybridized carbons (Fsp3) is 0.536. The Hall–Kier alpha value is -1.60. The molecule has 0 aromatic heterocycles. The quantitative estimate of drug-likeness (QED) is 0.302. The second-order valence-electron chi connectivity index (χ2n) is 10.7. The van der Waals surface area contributed by atoms with E-state index in [4.69, 9.17) is 23.2 Å². The highest BCUT2D eigenvalue weighted by Crippen LogP contribution is 2.63. The van der Waals surface area contributed by atoms with Gasteiger partial charge in [-0.05, 0) is 112 Å². The molecule has 3 fully saturated rings. The number of nitrogens with zero attached hydrogens (tertiary/aromatic N) is 2. The van der Waals surface area contributed by atoms with Gasteiger partial charge in [0, 0.05) is 18.3 Å². The molecule has 2 aliphatic carbocycles. The summed E-state index contributed by atoms with van der Waals surface area (Å²) in [6.07, 6.45) is 9.53. The molecule has 36 heavy (non-hydrogen) atoms. The highest BCUT2D eigenvalue weighted by Gasteiger charge is 2.58. The van der Waals surface area contributed by atoms with Crippen molar-refractivity contribution < 1.29 is 9.00 Å². The number of thiol groups is 1. The normalized spacial score (nSPS) is 26.3. The van der Waals surface area contributed by atoms with Crippen LogP contribution < -0.4 is 5.32 Å². The maximum atomic E-state index is 13.5. The Balaban J connectivity index is 1.28. The Kier molecular flexibility index (Phi) is 7.97. The number of amides is 2. The van der Waals surface area contributed by atoms with Gasteiger partial charge in [-0.25, -0.2) is 4.79 Å². The number of likely N-dealkylation sites (tertiary alicyclic amines) is 1.